The fraction of sp³-hybridized carbons (Fsp3) is 0.643. The van der Waals surface area contributed by atoms with Gasteiger partial charge >= 0.3 is 0 Å². The van der Waals surface area contributed by atoms with Gasteiger partial charge < -0.3 is 5.32 Å². The molecule has 0 saturated heterocycles. The number of pyridine rings is 1. The van der Waals surface area contributed by atoms with E-state index >= 15 is 0 Å². The molecule has 2 N–H and O–H groups in total. The molecule has 0 aliphatic heterocycles. The summed E-state index contributed by atoms with van der Waals surface area (Å²) in [6.07, 6.45) is 2.38. The molecule has 1 aromatic rings. The van der Waals surface area contributed by atoms with Gasteiger partial charge in [-0.15, -0.1) is 0 Å². The number of anilines is 1. The van der Waals surface area contributed by atoms with Crippen molar-refractivity contribution >= 4 is 15.8 Å². The standard InChI is InChI=1S/C14H25N3O2S/c1-6-9-15-13-8-7-12(10-16-13)20(18,19)17-11(2)14(3,4)5/h7-8,10-11,17H,6,9H2,1-5H3,(H,15,16). The van der Waals surface area contributed by atoms with E-state index in [4.69, 9.17) is 0 Å². The van der Waals surface area contributed by atoms with Crippen LogP contribution in [0.3, 0.4) is 0 Å². The summed E-state index contributed by atoms with van der Waals surface area (Å²) in [5.74, 6) is 0.690. The van der Waals surface area contributed by atoms with E-state index < -0.39 is 10.0 Å². The van der Waals surface area contributed by atoms with Crippen molar-refractivity contribution in [3.63, 3.8) is 0 Å². The molecule has 0 aliphatic rings. The van der Waals surface area contributed by atoms with Crippen molar-refractivity contribution in [2.75, 3.05) is 11.9 Å². The lowest BCUT2D eigenvalue weighted by atomic mass is 9.89. The second kappa shape index (κ2) is 6.54. The first kappa shape index (κ1) is 16.9. The van der Waals surface area contributed by atoms with Crippen molar-refractivity contribution in [1.82, 2.24) is 9.71 Å². The second-order valence-electron chi connectivity index (χ2n) is 6.01. The zero-order chi connectivity index (χ0) is 15.4. The Morgan fingerprint density at radius 1 is 1.30 bits per heavy atom. The van der Waals surface area contributed by atoms with Gasteiger partial charge in [0, 0.05) is 18.8 Å². The van der Waals surface area contributed by atoms with Gasteiger partial charge in [0.05, 0.1) is 0 Å². The van der Waals surface area contributed by atoms with Gasteiger partial charge in [-0.1, -0.05) is 27.7 Å². The monoisotopic (exact) mass is 299 g/mol. The summed E-state index contributed by atoms with van der Waals surface area (Å²) in [4.78, 5) is 4.31. The van der Waals surface area contributed by atoms with Crippen LogP contribution >= 0.6 is 0 Å². The number of rotatable bonds is 6. The van der Waals surface area contributed by atoms with Crippen molar-refractivity contribution in [2.45, 2.75) is 52.0 Å². The van der Waals surface area contributed by atoms with Crippen LogP contribution in [-0.2, 0) is 10.0 Å². The molecule has 0 radical (unpaired) electrons. The van der Waals surface area contributed by atoms with Crippen LogP contribution in [0.2, 0.25) is 0 Å². The van der Waals surface area contributed by atoms with E-state index in [1.807, 2.05) is 27.7 Å². The van der Waals surface area contributed by atoms with Crippen LogP contribution in [0.5, 0.6) is 0 Å². The van der Waals surface area contributed by atoms with Gasteiger partial charge in [0.1, 0.15) is 10.7 Å². The minimum atomic E-state index is -3.52. The van der Waals surface area contributed by atoms with E-state index in [9.17, 15) is 8.42 Å². The first-order valence-corrected chi connectivity index (χ1v) is 8.37. The molecule has 20 heavy (non-hydrogen) atoms. The van der Waals surface area contributed by atoms with Crippen molar-refractivity contribution in [2.24, 2.45) is 5.41 Å². The highest BCUT2D eigenvalue weighted by atomic mass is 32.2. The molecular formula is C14H25N3O2S. The van der Waals surface area contributed by atoms with E-state index in [0.717, 1.165) is 13.0 Å². The molecule has 6 heteroatoms. The molecule has 0 saturated carbocycles. The highest BCUT2D eigenvalue weighted by molar-refractivity contribution is 7.89. The van der Waals surface area contributed by atoms with Crippen LogP contribution in [-0.4, -0.2) is 26.0 Å². The minimum Gasteiger partial charge on any atom is -0.370 e. The van der Waals surface area contributed by atoms with E-state index in [2.05, 4.69) is 21.9 Å². The van der Waals surface area contributed by atoms with Gasteiger partial charge in [0.25, 0.3) is 0 Å². The second-order valence-corrected chi connectivity index (χ2v) is 7.73. The number of nitrogens with one attached hydrogen (secondary N) is 2. The van der Waals surface area contributed by atoms with E-state index in [1.165, 1.54) is 6.20 Å². The molecule has 0 aliphatic carbocycles. The predicted molar refractivity (Wildman–Crippen MR) is 82.3 cm³/mol. The van der Waals surface area contributed by atoms with E-state index in [0.29, 0.717) is 5.82 Å². The summed E-state index contributed by atoms with van der Waals surface area (Å²) < 4.78 is 27.2. The van der Waals surface area contributed by atoms with Crippen LogP contribution in [0.15, 0.2) is 23.2 Å². The summed E-state index contributed by atoms with van der Waals surface area (Å²) in [5.41, 5.74) is -0.136. The highest BCUT2D eigenvalue weighted by Crippen LogP contribution is 2.21. The Kier molecular flexibility index (Phi) is 5.53. The quantitative estimate of drug-likeness (QED) is 0.847. The number of sulfonamides is 1. The summed E-state index contributed by atoms with van der Waals surface area (Å²) in [7, 11) is -3.52. The van der Waals surface area contributed by atoms with Gasteiger partial charge in [0.2, 0.25) is 10.0 Å². The lowest BCUT2D eigenvalue weighted by Gasteiger charge is -2.27. The minimum absolute atomic E-state index is 0.136. The van der Waals surface area contributed by atoms with Crippen molar-refractivity contribution in [1.29, 1.82) is 0 Å². The maximum Gasteiger partial charge on any atom is 0.242 e. The molecule has 1 heterocycles. The van der Waals surface area contributed by atoms with Gasteiger partial charge in [-0.25, -0.2) is 18.1 Å². The lowest BCUT2D eigenvalue weighted by Crippen LogP contribution is -2.41. The van der Waals surface area contributed by atoms with Crippen LogP contribution < -0.4 is 10.0 Å². The van der Waals surface area contributed by atoms with Crippen molar-refractivity contribution in [3.8, 4) is 0 Å². The Morgan fingerprint density at radius 2 is 1.95 bits per heavy atom. The van der Waals surface area contributed by atoms with Crippen LogP contribution in [0.1, 0.15) is 41.0 Å². The fourth-order valence-corrected chi connectivity index (χ4v) is 2.77. The SMILES string of the molecule is CCCNc1ccc(S(=O)(=O)NC(C)C(C)(C)C)cn1. The Bertz CT molecular complexity index is 518. The average Bonchev–Trinajstić information content (AvgIpc) is 2.35. The Labute approximate surface area is 122 Å². The van der Waals surface area contributed by atoms with Gasteiger partial charge in [0.15, 0.2) is 0 Å². The maximum absolute atomic E-state index is 12.2. The largest absolute Gasteiger partial charge is 0.370 e. The molecular weight excluding hydrogens is 274 g/mol. The topological polar surface area (TPSA) is 71.1 Å². The molecule has 5 nitrogen and oxygen atoms in total. The highest BCUT2D eigenvalue weighted by Gasteiger charge is 2.26. The molecule has 1 rings (SSSR count). The first-order valence-electron chi connectivity index (χ1n) is 6.89. The maximum atomic E-state index is 12.2. The Morgan fingerprint density at radius 3 is 2.40 bits per heavy atom. The van der Waals surface area contributed by atoms with Crippen LogP contribution in [0.25, 0.3) is 0 Å². The Hall–Kier alpha value is -1.14. The molecule has 1 aromatic heterocycles. The molecule has 1 atom stereocenters. The fourth-order valence-electron chi connectivity index (χ4n) is 1.37. The molecule has 1 unspecified atom stereocenters. The zero-order valence-corrected chi connectivity index (χ0v) is 13.7. The number of aromatic nitrogens is 1. The van der Waals surface area contributed by atoms with Gasteiger partial charge in [-0.3, -0.25) is 0 Å². The van der Waals surface area contributed by atoms with Crippen molar-refractivity contribution in [3.05, 3.63) is 18.3 Å². The molecule has 0 fully saturated rings. The third-order valence-electron chi connectivity index (χ3n) is 3.23. The average molecular weight is 299 g/mol. The number of hydrogen-bond acceptors (Lipinski definition) is 4. The lowest BCUT2D eigenvalue weighted by molar-refractivity contribution is 0.317. The normalized spacial score (nSPS) is 14.1. The van der Waals surface area contributed by atoms with E-state index in [1.54, 1.807) is 12.1 Å². The first-order chi connectivity index (χ1) is 9.16. The smallest absolute Gasteiger partial charge is 0.242 e. The molecule has 0 bridgehead atoms. The number of nitrogens with zero attached hydrogens (tertiary/aromatic N) is 1. The number of hydrogen-bond donors (Lipinski definition) is 2. The van der Waals surface area contributed by atoms with Crippen LogP contribution in [0.4, 0.5) is 5.82 Å². The third-order valence-corrected chi connectivity index (χ3v) is 4.76. The summed E-state index contributed by atoms with van der Waals surface area (Å²) >= 11 is 0. The van der Waals surface area contributed by atoms with Crippen molar-refractivity contribution < 1.29 is 8.42 Å². The predicted octanol–water partition coefficient (Wildman–Crippen LogP) is 2.62. The Balaban J connectivity index is 2.83. The zero-order valence-electron chi connectivity index (χ0n) is 12.9. The summed E-state index contributed by atoms with van der Waals surface area (Å²) in [6, 6.07) is 3.10. The summed E-state index contributed by atoms with van der Waals surface area (Å²) in [5, 5.41) is 3.11. The summed E-state index contributed by atoms with van der Waals surface area (Å²) in [6.45, 7) is 10.7. The van der Waals surface area contributed by atoms with E-state index in [-0.39, 0.29) is 16.4 Å². The molecule has 0 aromatic carbocycles. The molecule has 0 spiro atoms. The van der Waals surface area contributed by atoms with Gasteiger partial charge in [-0.05, 0) is 30.9 Å². The molecule has 114 valence electrons. The third kappa shape index (κ3) is 4.76. The van der Waals surface area contributed by atoms with Crippen LogP contribution in [0, 0.1) is 5.41 Å². The van der Waals surface area contributed by atoms with Gasteiger partial charge in [-0.2, -0.15) is 0 Å². The molecule has 0 amide bonds.